The van der Waals surface area contributed by atoms with Crippen molar-refractivity contribution in [3.63, 3.8) is 0 Å². The van der Waals surface area contributed by atoms with E-state index in [1.54, 1.807) is 0 Å². The van der Waals surface area contributed by atoms with Crippen molar-refractivity contribution in [2.75, 3.05) is 31.6 Å². The predicted octanol–water partition coefficient (Wildman–Crippen LogP) is 1.98. The van der Waals surface area contributed by atoms with Crippen LogP contribution in [0.15, 0.2) is 24.3 Å². The summed E-state index contributed by atoms with van der Waals surface area (Å²) >= 11 is 0. The number of para-hydroxylation sites is 1. The highest BCUT2D eigenvalue weighted by Gasteiger charge is 2.26. The molecule has 1 N–H and O–H groups in total. The number of benzene rings is 1. The first-order valence-corrected chi connectivity index (χ1v) is 6.80. The van der Waals surface area contributed by atoms with E-state index in [1.165, 1.54) is 11.3 Å². The van der Waals surface area contributed by atoms with Crippen LogP contribution in [0.25, 0.3) is 0 Å². The Kier molecular flexibility index (Phi) is 4.43. The van der Waals surface area contributed by atoms with Gasteiger partial charge < -0.3 is 14.9 Å². The highest BCUT2D eigenvalue weighted by atomic mass is 16.4. The fourth-order valence-corrected chi connectivity index (χ4v) is 2.82. The third-order valence-electron chi connectivity index (χ3n) is 3.74. The topological polar surface area (TPSA) is 43.8 Å². The second-order valence-corrected chi connectivity index (χ2v) is 5.35. The van der Waals surface area contributed by atoms with Crippen LogP contribution in [0.3, 0.4) is 0 Å². The molecule has 0 aromatic heterocycles. The molecule has 19 heavy (non-hydrogen) atoms. The number of carbonyl (C=O) groups is 1. The van der Waals surface area contributed by atoms with E-state index in [-0.39, 0.29) is 12.5 Å². The summed E-state index contributed by atoms with van der Waals surface area (Å²) in [6.07, 6.45) is 1.26. The van der Waals surface area contributed by atoms with Gasteiger partial charge in [0.15, 0.2) is 0 Å². The van der Waals surface area contributed by atoms with Crippen LogP contribution >= 0.6 is 0 Å². The summed E-state index contributed by atoms with van der Waals surface area (Å²) in [5.41, 5.74) is 2.38. The summed E-state index contributed by atoms with van der Waals surface area (Å²) < 4.78 is 0. The van der Waals surface area contributed by atoms with Crippen LogP contribution in [-0.2, 0) is 4.79 Å². The molecule has 1 aromatic rings. The lowest BCUT2D eigenvalue weighted by Crippen LogP contribution is -2.42. The third-order valence-corrected chi connectivity index (χ3v) is 3.74. The first-order chi connectivity index (χ1) is 9.08. The van der Waals surface area contributed by atoms with Gasteiger partial charge >= 0.3 is 5.97 Å². The highest BCUT2D eigenvalue weighted by Crippen LogP contribution is 2.25. The molecule has 2 rings (SSSR count). The van der Waals surface area contributed by atoms with Crippen molar-refractivity contribution in [2.45, 2.75) is 25.8 Å². The lowest BCUT2D eigenvalue weighted by molar-refractivity contribution is -0.137. The number of nitrogens with zero attached hydrogens (tertiary/aromatic N) is 2. The number of aliphatic carboxylic acids is 1. The van der Waals surface area contributed by atoms with Crippen LogP contribution in [0, 0.1) is 6.92 Å². The van der Waals surface area contributed by atoms with Crippen molar-refractivity contribution < 1.29 is 9.90 Å². The van der Waals surface area contributed by atoms with Crippen LogP contribution in [0.4, 0.5) is 5.69 Å². The van der Waals surface area contributed by atoms with Crippen LogP contribution in [-0.4, -0.2) is 48.7 Å². The van der Waals surface area contributed by atoms with E-state index in [0.717, 1.165) is 26.1 Å². The quantitative estimate of drug-likeness (QED) is 0.904. The number of carboxylic acid groups (broad SMARTS) is 1. The summed E-state index contributed by atoms with van der Waals surface area (Å²) in [5, 5.41) is 9.13. The minimum Gasteiger partial charge on any atom is -0.481 e. The molecule has 1 unspecified atom stereocenters. The Morgan fingerprint density at radius 3 is 2.79 bits per heavy atom. The molecular weight excluding hydrogens is 240 g/mol. The van der Waals surface area contributed by atoms with E-state index in [9.17, 15) is 4.79 Å². The van der Waals surface area contributed by atoms with Crippen LogP contribution < -0.4 is 4.90 Å². The Balaban J connectivity index is 2.28. The van der Waals surface area contributed by atoms with Crippen LogP contribution in [0.2, 0.25) is 0 Å². The summed E-state index contributed by atoms with van der Waals surface area (Å²) in [6, 6.07) is 8.27. The Morgan fingerprint density at radius 2 is 2.11 bits per heavy atom. The predicted molar refractivity (Wildman–Crippen MR) is 76.7 cm³/mol. The average Bonchev–Trinajstić information content (AvgIpc) is 2.51. The largest absolute Gasteiger partial charge is 0.481 e. The monoisotopic (exact) mass is 262 g/mol. The van der Waals surface area contributed by atoms with Gasteiger partial charge in [0.1, 0.15) is 0 Å². The van der Waals surface area contributed by atoms with Crippen LogP contribution in [0.5, 0.6) is 0 Å². The number of hydrogen-bond acceptors (Lipinski definition) is 3. The van der Waals surface area contributed by atoms with E-state index in [0.29, 0.717) is 0 Å². The molecule has 1 aliphatic rings. The van der Waals surface area contributed by atoms with E-state index >= 15 is 0 Å². The average molecular weight is 262 g/mol. The molecular formula is C15H22N2O2. The van der Waals surface area contributed by atoms with E-state index in [4.69, 9.17) is 5.11 Å². The third kappa shape index (κ3) is 3.47. The maximum absolute atomic E-state index is 11.1. The molecule has 1 atom stereocenters. The summed E-state index contributed by atoms with van der Waals surface area (Å²) in [6.45, 7) is 4.84. The zero-order chi connectivity index (χ0) is 13.8. The number of rotatable bonds is 3. The van der Waals surface area contributed by atoms with Gasteiger partial charge in [-0.05, 0) is 38.6 Å². The van der Waals surface area contributed by atoms with E-state index < -0.39 is 5.97 Å². The van der Waals surface area contributed by atoms with Crippen molar-refractivity contribution in [3.8, 4) is 0 Å². The first kappa shape index (κ1) is 13.9. The molecule has 104 valence electrons. The molecule has 4 heteroatoms. The summed E-state index contributed by atoms with van der Waals surface area (Å²) in [7, 11) is 2.07. The molecule has 0 amide bonds. The first-order valence-electron chi connectivity index (χ1n) is 6.80. The molecule has 1 fully saturated rings. The number of carboxylic acids is 1. The molecule has 1 saturated heterocycles. The zero-order valence-electron chi connectivity index (χ0n) is 11.7. The highest BCUT2D eigenvalue weighted by molar-refractivity contribution is 5.69. The molecule has 1 aliphatic heterocycles. The van der Waals surface area contributed by atoms with Gasteiger partial charge in [0.05, 0.1) is 12.5 Å². The molecule has 0 radical (unpaired) electrons. The van der Waals surface area contributed by atoms with Gasteiger partial charge in [0.25, 0.3) is 0 Å². The lowest BCUT2D eigenvalue weighted by atomic mass is 10.1. The molecule has 4 nitrogen and oxygen atoms in total. The fraction of sp³-hybridized carbons (Fsp3) is 0.533. The van der Waals surface area contributed by atoms with Gasteiger partial charge in [0.2, 0.25) is 0 Å². The maximum Gasteiger partial charge on any atom is 0.305 e. The second-order valence-electron chi connectivity index (χ2n) is 5.35. The molecule has 0 saturated carbocycles. The van der Waals surface area contributed by atoms with Crippen molar-refractivity contribution in [3.05, 3.63) is 29.8 Å². The minimum atomic E-state index is -0.723. The molecule has 1 heterocycles. The zero-order valence-corrected chi connectivity index (χ0v) is 11.7. The normalized spacial score (nSPS) is 21.2. The summed E-state index contributed by atoms with van der Waals surface area (Å²) in [5.74, 6) is -0.723. The van der Waals surface area contributed by atoms with Gasteiger partial charge in [-0.2, -0.15) is 0 Å². The number of likely N-dealkylation sites (N-methyl/N-ethyl adjacent to an activating group) is 1. The SMILES string of the molecule is Cc1ccccc1N1CCCN(C)CC1CC(=O)O. The standard InChI is InChI=1S/C15H22N2O2/c1-12-6-3-4-7-14(12)17-9-5-8-16(2)11-13(17)10-15(18)19/h3-4,6-7,13H,5,8-11H2,1-2H3,(H,18,19). The lowest BCUT2D eigenvalue weighted by Gasteiger charge is -2.33. The number of hydrogen-bond donors (Lipinski definition) is 1. The molecule has 1 aromatic carbocycles. The molecule has 0 bridgehead atoms. The Bertz CT molecular complexity index is 448. The van der Waals surface area contributed by atoms with E-state index in [2.05, 4.69) is 35.9 Å². The Morgan fingerprint density at radius 1 is 1.37 bits per heavy atom. The van der Waals surface area contributed by atoms with Gasteiger partial charge in [-0.15, -0.1) is 0 Å². The van der Waals surface area contributed by atoms with Crippen LogP contribution in [0.1, 0.15) is 18.4 Å². The molecule has 0 aliphatic carbocycles. The van der Waals surface area contributed by atoms with Crippen molar-refractivity contribution in [2.24, 2.45) is 0 Å². The fourth-order valence-electron chi connectivity index (χ4n) is 2.82. The van der Waals surface area contributed by atoms with Gasteiger partial charge in [-0.3, -0.25) is 4.79 Å². The molecule has 0 spiro atoms. The van der Waals surface area contributed by atoms with Crippen molar-refractivity contribution in [1.82, 2.24) is 4.90 Å². The smallest absolute Gasteiger partial charge is 0.305 e. The summed E-state index contributed by atoms with van der Waals surface area (Å²) in [4.78, 5) is 15.6. The second kappa shape index (κ2) is 6.06. The van der Waals surface area contributed by atoms with Crippen molar-refractivity contribution >= 4 is 11.7 Å². The van der Waals surface area contributed by atoms with Gasteiger partial charge in [0, 0.05) is 18.8 Å². The number of aryl methyl sites for hydroxylation is 1. The maximum atomic E-state index is 11.1. The number of anilines is 1. The van der Waals surface area contributed by atoms with Gasteiger partial charge in [-0.25, -0.2) is 0 Å². The Hall–Kier alpha value is -1.55. The minimum absolute atomic E-state index is 0.0473. The van der Waals surface area contributed by atoms with Crippen molar-refractivity contribution in [1.29, 1.82) is 0 Å². The van der Waals surface area contributed by atoms with E-state index in [1.807, 2.05) is 12.1 Å². The van der Waals surface area contributed by atoms with Gasteiger partial charge in [-0.1, -0.05) is 18.2 Å². The Labute approximate surface area is 114 Å².